The standard InChI is InChI=1S/C33H34N6O6/c1-3-39-30(35-36-37-39)26-13-8-7-12-25(26)23-18-16-22(17-19-23)20-38-29-27(14-9-15-28(29)34-32(38)41)31(40)43-21(2)44-33(42)45-24-10-5-4-6-11-24/h7-9,12-19,21,24H,3-6,10-11,20H2,1-2H3,(H,34,41)/i1D3,3D2. The third kappa shape index (κ3) is 6.49. The topological polar surface area (TPSA) is 143 Å². The smallest absolute Gasteiger partial charge is 0.431 e. The van der Waals surface area contributed by atoms with Crippen LogP contribution in [0.2, 0.25) is 0 Å². The second-order valence-corrected chi connectivity index (χ2v) is 10.7. The van der Waals surface area contributed by atoms with E-state index in [0.29, 0.717) is 38.0 Å². The Hall–Kier alpha value is -5.26. The highest BCUT2D eigenvalue weighted by Crippen LogP contribution is 2.31. The molecule has 0 radical (unpaired) electrons. The normalized spacial score (nSPS) is 16.5. The maximum atomic E-state index is 13.3. The molecule has 2 aromatic heterocycles. The summed E-state index contributed by atoms with van der Waals surface area (Å²) >= 11 is 0. The molecule has 0 amide bonds. The van der Waals surface area contributed by atoms with E-state index in [9.17, 15) is 14.4 Å². The van der Waals surface area contributed by atoms with Crippen molar-refractivity contribution < 1.29 is 30.7 Å². The summed E-state index contributed by atoms with van der Waals surface area (Å²) in [5.74, 6) is -0.852. The average molecular weight is 616 g/mol. The molecular weight excluding hydrogens is 576 g/mol. The zero-order chi connectivity index (χ0) is 35.6. The predicted molar refractivity (Wildman–Crippen MR) is 165 cm³/mol. The summed E-state index contributed by atoms with van der Waals surface area (Å²) in [6.07, 6.45) is 2.22. The van der Waals surface area contributed by atoms with Crippen LogP contribution < -0.4 is 5.69 Å². The molecule has 0 bridgehead atoms. The molecule has 232 valence electrons. The van der Waals surface area contributed by atoms with Gasteiger partial charge in [-0.05, 0) is 71.8 Å². The Morgan fingerprint density at radius 1 is 1.02 bits per heavy atom. The molecule has 0 spiro atoms. The molecule has 0 aliphatic heterocycles. The third-order valence-corrected chi connectivity index (χ3v) is 7.71. The van der Waals surface area contributed by atoms with Gasteiger partial charge in [-0.3, -0.25) is 4.57 Å². The number of rotatable bonds is 9. The highest BCUT2D eigenvalue weighted by atomic mass is 16.8. The van der Waals surface area contributed by atoms with Crippen molar-refractivity contribution in [3.8, 4) is 22.5 Å². The van der Waals surface area contributed by atoms with Crippen LogP contribution in [0.4, 0.5) is 4.79 Å². The van der Waals surface area contributed by atoms with E-state index >= 15 is 0 Å². The number of hydrogen-bond donors (Lipinski definition) is 1. The molecule has 45 heavy (non-hydrogen) atoms. The van der Waals surface area contributed by atoms with E-state index < -0.39 is 37.5 Å². The lowest BCUT2D eigenvalue weighted by Gasteiger charge is -2.22. The lowest BCUT2D eigenvalue weighted by molar-refractivity contribution is -0.0914. The number of nitrogens with one attached hydrogen (secondary N) is 1. The van der Waals surface area contributed by atoms with Crippen LogP contribution in [-0.2, 0) is 27.3 Å². The molecule has 6 rings (SSSR count). The van der Waals surface area contributed by atoms with Gasteiger partial charge in [-0.2, -0.15) is 0 Å². The molecule has 1 fully saturated rings. The maximum Gasteiger partial charge on any atom is 0.511 e. The van der Waals surface area contributed by atoms with Crippen molar-refractivity contribution in [2.45, 2.75) is 71.3 Å². The molecule has 12 heteroatoms. The minimum Gasteiger partial charge on any atom is -0.431 e. The first kappa shape index (κ1) is 24.1. The summed E-state index contributed by atoms with van der Waals surface area (Å²) in [6.45, 7) is -4.40. The van der Waals surface area contributed by atoms with Gasteiger partial charge in [0.15, 0.2) is 5.82 Å². The van der Waals surface area contributed by atoms with E-state index in [1.54, 1.807) is 60.7 Å². The van der Waals surface area contributed by atoms with Crippen LogP contribution >= 0.6 is 0 Å². The van der Waals surface area contributed by atoms with Crippen LogP contribution in [0.3, 0.4) is 0 Å². The largest absolute Gasteiger partial charge is 0.511 e. The van der Waals surface area contributed by atoms with Gasteiger partial charge in [-0.15, -0.1) is 5.10 Å². The van der Waals surface area contributed by atoms with Crippen molar-refractivity contribution in [2.24, 2.45) is 0 Å². The fourth-order valence-corrected chi connectivity index (χ4v) is 5.59. The van der Waals surface area contributed by atoms with Crippen LogP contribution in [0.5, 0.6) is 0 Å². The molecule has 1 aliphatic rings. The van der Waals surface area contributed by atoms with Crippen molar-refractivity contribution in [3.63, 3.8) is 0 Å². The van der Waals surface area contributed by atoms with E-state index in [2.05, 4.69) is 20.5 Å². The Balaban J connectivity index is 1.22. The molecule has 1 saturated carbocycles. The van der Waals surface area contributed by atoms with E-state index in [1.165, 1.54) is 17.6 Å². The lowest BCUT2D eigenvalue weighted by Crippen LogP contribution is -2.27. The fraction of sp³-hybridized carbons (Fsp3) is 0.333. The summed E-state index contributed by atoms with van der Waals surface area (Å²) in [7, 11) is 0. The second kappa shape index (κ2) is 13.2. The van der Waals surface area contributed by atoms with E-state index in [4.69, 9.17) is 21.1 Å². The van der Waals surface area contributed by atoms with Crippen molar-refractivity contribution in [2.75, 3.05) is 0 Å². The predicted octanol–water partition coefficient (Wildman–Crippen LogP) is 5.71. The molecule has 1 N–H and O–H groups in total. The average Bonchev–Trinajstić information content (AvgIpc) is 3.70. The van der Waals surface area contributed by atoms with Gasteiger partial charge in [0.05, 0.1) is 25.9 Å². The molecule has 1 atom stereocenters. The number of H-pyrrole nitrogens is 1. The first-order valence-electron chi connectivity index (χ1n) is 17.1. The molecular formula is C33H34N6O6. The summed E-state index contributed by atoms with van der Waals surface area (Å²) in [4.78, 5) is 41.4. The molecule has 1 unspecified atom stereocenters. The number of nitrogens with zero attached hydrogens (tertiary/aromatic N) is 5. The minimum absolute atomic E-state index is 0.0589. The van der Waals surface area contributed by atoms with Crippen molar-refractivity contribution in [1.82, 2.24) is 29.8 Å². The molecule has 1 aliphatic carbocycles. The van der Waals surface area contributed by atoms with Gasteiger partial charge in [0.25, 0.3) is 0 Å². The third-order valence-electron chi connectivity index (χ3n) is 7.71. The fourth-order valence-electron chi connectivity index (χ4n) is 5.59. The maximum absolute atomic E-state index is 13.3. The van der Waals surface area contributed by atoms with Gasteiger partial charge in [0.1, 0.15) is 6.10 Å². The second-order valence-electron chi connectivity index (χ2n) is 10.7. The number of fused-ring (bicyclic) bond motifs is 1. The molecule has 5 aromatic rings. The zero-order valence-corrected chi connectivity index (χ0v) is 24.4. The lowest BCUT2D eigenvalue weighted by atomic mass is 9.98. The molecule has 2 heterocycles. The van der Waals surface area contributed by atoms with E-state index in [0.717, 1.165) is 32.1 Å². The number of tetrazole rings is 1. The molecule has 12 nitrogen and oxygen atoms in total. The summed E-state index contributed by atoms with van der Waals surface area (Å²) in [5.41, 5.74) is 2.80. The number of carbonyl (C=O) groups is 2. The highest BCUT2D eigenvalue weighted by molar-refractivity contribution is 6.02. The Morgan fingerprint density at radius 2 is 1.80 bits per heavy atom. The van der Waals surface area contributed by atoms with Crippen molar-refractivity contribution in [3.05, 3.63) is 88.3 Å². The van der Waals surface area contributed by atoms with E-state index in [-0.39, 0.29) is 24.0 Å². The number of aromatic amines is 1. The number of esters is 1. The first-order valence-corrected chi connectivity index (χ1v) is 14.6. The monoisotopic (exact) mass is 615 g/mol. The Morgan fingerprint density at radius 3 is 2.58 bits per heavy atom. The number of imidazole rings is 1. The summed E-state index contributed by atoms with van der Waals surface area (Å²) in [5, 5.41) is 11.1. The van der Waals surface area contributed by atoms with Crippen LogP contribution in [-0.4, -0.2) is 54.3 Å². The van der Waals surface area contributed by atoms with Crippen LogP contribution in [0.25, 0.3) is 33.5 Å². The Kier molecular flexibility index (Phi) is 7.05. The highest BCUT2D eigenvalue weighted by Gasteiger charge is 2.24. The van der Waals surface area contributed by atoms with Gasteiger partial charge >= 0.3 is 17.8 Å². The quantitative estimate of drug-likeness (QED) is 0.163. The van der Waals surface area contributed by atoms with Gasteiger partial charge in [-0.1, -0.05) is 61.0 Å². The van der Waals surface area contributed by atoms with E-state index in [1.807, 2.05) is 0 Å². The Labute approximate surface area is 265 Å². The summed E-state index contributed by atoms with van der Waals surface area (Å²) < 4.78 is 57.3. The number of aromatic nitrogens is 6. The zero-order valence-electron chi connectivity index (χ0n) is 29.4. The molecule has 0 saturated heterocycles. The van der Waals surface area contributed by atoms with Crippen LogP contribution in [0.1, 0.15) is 68.7 Å². The van der Waals surface area contributed by atoms with Gasteiger partial charge in [-0.25, -0.2) is 19.1 Å². The van der Waals surface area contributed by atoms with Crippen molar-refractivity contribution >= 4 is 23.2 Å². The van der Waals surface area contributed by atoms with Crippen LogP contribution in [0, 0.1) is 0 Å². The number of ether oxygens (including phenoxy) is 3. The SMILES string of the molecule is [2H]C([2H])([2H])C([2H])([2H])n1nnnc1-c1ccccc1-c1ccc(Cn2c(=O)[nH]c3cccc(C(=O)OC(C)OC(=O)OC4CCCCC4)c32)cc1. The minimum atomic E-state index is -3.03. The first-order chi connectivity index (χ1) is 23.8. The number of para-hydroxylation sites is 1. The Bertz CT molecular complexity index is 2070. The summed E-state index contributed by atoms with van der Waals surface area (Å²) in [6, 6.07) is 18.9. The number of carbonyl (C=O) groups excluding carboxylic acids is 2. The van der Waals surface area contributed by atoms with Gasteiger partial charge in [0.2, 0.25) is 6.29 Å². The number of hydrogen-bond acceptors (Lipinski definition) is 9. The van der Waals surface area contributed by atoms with Gasteiger partial charge in [0, 0.05) is 23.1 Å². The van der Waals surface area contributed by atoms with Crippen molar-refractivity contribution in [1.29, 1.82) is 0 Å². The molecule has 3 aromatic carbocycles. The number of aryl methyl sites for hydroxylation is 1. The van der Waals surface area contributed by atoms with Crippen LogP contribution in [0.15, 0.2) is 71.5 Å². The van der Waals surface area contributed by atoms with Gasteiger partial charge < -0.3 is 19.2 Å². The number of benzene rings is 3.